The molecule has 0 aromatic carbocycles. The number of rotatable bonds is 7. The minimum atomic E-state index is -4.47. The summed E-state index contributed by atoms with van der Waals surface area (Å²) < 4.78 is 38.3. The van der Waals surface area contributed by atoms with Crippen LogP contribution in [0.3, 0.4) is 0 Å². The van der Waals surface area contributed by atoms with E-state index in [1.807, 2.05) is 6.92 Å². The lowest BCUT2D eigenvalue weighted by molar-refractivity contribution is -0.141. The Morgan fingerprint density at radius 2 is 1.85 bits per heavy atom. The fraction of sp³-hybridized carbons (Fsp3) is 0.692. The van der Waals surface area contributed by atoms with Crippen LogP contribution in [-0.2, 0) is 6.18 Å². The topological polar surface area (TPSA) is 49.8 Å². The molecule has 0 saturated heterocycles. The van der Waals surface area contributed by atoms with Gasteiger partial charge in [0.2, 0.25) is 5.95 Å². The van der Waals surface area contributed by atoms with Gasteiger partial charge in [0.05, 0.1) is 0 Å². The summed E-state index contributed by atoms with van der Waals surface area (Å²) in [4.78, 5) is 7.55. The van der Waals surface area contributed by atoms with Crippen LogP contribution < -0.4 is 10.6 Å². The van der Waals surface area contributed by atoms with Crippen molar-refractivity contribution in [2.45, 2.75) is 39.8 Å². The molecule has 1 heterocycles. The van der Waals surface area contributed by atoms with E-state index < -0.39 is 11.9 Å². The molecule has 0 aliphatic rings. The van der Waals surface area contributed by atoms with Gasteiger partial charge in [0.25, 0.3) is 0 Å². The van der Waals surface area contributed by atoms with Crippen molar-refractivity contribution >= 4 is 11.8 Å². The molecule has 1 aromatic rings. The first-order valence-corrected chi connectivity index (χ1v) is 6.77. The monoisotopic (exact) mass is 290 g/mol. The highest BCUT2D eigenvalue weighted by molar-refractivity contribution is 5.43. The van der Waals surface area contributed by atoms with Crippen LogP contribution in [0.1, 0.15) is 39.3 Å². The van der Waals surface area contributed by atoms with Gasteiger partial charge < -0.3 is 10.6 Å². The van der Waals surface area contributed by atoms with Gasteiger partial charge in [-0.1, -0.05) is 20.8 Å². The summed E-state index contributed by atoms with van der Waals surface area (Å²) in [6.45, 7) is 7.14. The van der Waals surface area contributed by atoms with Crippen LogP contribution in [0.2, 0.25) is 0 Å². The largest absolute Gasteiger partial charge is 0.433 e. The Morgan fingerprint density at radius 1 is 1.15 bits per heavy atom. The maximum Gasteiger partial charge on any atom is 0.433 e. The van der Waals surface area contributed by atoms with E-state index in [9.17, 15) is 13.2 Å². The number of alkyl halides is 3. The van der Waals surface area contributed by atoms with E-state index in [1.54, 1.807) is 0 Å². The third kappa shape index (κ3) is 5.63. The first-order valence-electron chi connectivity index (χ1n) is 6.77. The molecule has 4 nitrogen and oxygen atoms in total. The molecule has 0 fully saturated rings. The Hall–Kier alpha value is -1.53. The van der Waals surface area contributed by atoms with E-state index in [4.69, 9.17) is 0 Å². The van der Waals surface area contributed by atoms with Crippen LogP contribution in [0.5, 0.6) is 0 Å². The van der Waals surface area contributed by atoms with E-state index in [0.29, 0.717) is 19.0 Å². The molecular formula is C13H21F3N4. The standard InChI is InChI=1S/C13H21F3N4/c1-4-6-18-12-19-10(13(14,15)16)8-11(20-12)17-7-5-9(2)3/h8-9H,4-7H2,1-3H3,(H2,17,18,19,20). The second-order valence-corrected chi connectivity index (χ2v) is 5.00. The van der Waals surface area contributed by atoms with Gasteiger partial charge in [0.15, 0.2) is 5.69 Å². The van der Waals surface area contributed by atoms with E-state index in [0.717, 1.165) is 18.9 Å². The summed E-state index contributed by atoms with van der Waals surface area (Å²) in [6.07, 6.45) is -2.82. The predicted octanol–water partition coefficient (Wildman–Crippen LogP) is 3.78. The summed E-state index contributed by atoms with van der Waals surface area (Å²) in [7, 11) is 0. The van der Waals surface area contributed by atoms with Crippen molar-refractivity contribution < 1.29 is 13.2 Å². The third-order valence-electron chi connectivity index (χ3n) is 2.58. The molecule has 0 spiro atoms. The molecule has 0 aliphatic carbocycles. The number of hydrogen-bond acceptors (Lipinski definition) is 4. The van der Waals surface area contributed by atoms with Crippen molar-refractivity contribution in [2.24, 2.45) is 5.92 Å². The first-order chi connectivity index (χ1) is 9.32. The second-order valence-electron chi connectivity index (χ2n) is 5.00. The molecule has 0 unspecified atom stereocenters. The van der Waals surface area contributed by atoms with E-state index >= 15 is 0 Å². The van der Waals surface area contributed by atoms with Crippen LogP contribution in [0.25, 0.3) is 0 Å². The first kappa shape index (κ1) is 16.5. The van der Waals surface area contributed by atoms with Crippen molar-refractivity contribution in [3.63, 3.8) is 0 Å². The number of hydrogen-bond donors (Lipinski definition) is 2. The maximum absolute atomic E-state index is 12.8. The zero-order chi connectivity index (χ0) is 15.2. The van der Waals surface area contributed by atoms with E-state index in [1.165, 1.54) is 0 Å². The summed E-state index contributed by atoms with van der Waals surface area (Å²) in [5.41, 5.74) is -0.932. The van der Waals surface area contributed by atoms with Crippen LogP contribution in [0, 0.1) is 5.92 Å². The predicted molar refractivity (Wildman–Crippen MR) is 73.8 cm³/mol. The minimum absolute atomic E-state index is 0.00808. The SMILES string of the molecule is CCCNc1nc(NCCC(C)C)cc(C(F)(F)F)n1. The fourth-order valence-electron chi connectivity index (χ4n) is 1.49. The molecule has 0 saturated carbocycles. The van der Waals surface area contributed by atoms with Crippen LogP contribution in [0.4, 0.5) is 24.9 Å². The number of aromatic nitrogens is 2. The van der Waals surface area contributed by atoms with E-state index in [-0.39, 0.29) is 11.8 Å². The van der Waals surface area contributed by atoms with Gasteiger partial charge >= 0.3 is 6.18 Å². The van der Waals surface area contributed by atoms with Gasteiger partial charge in [-0.05, 0) is 18.8 Å². The summed E-state index contributed by atoms with van der Waals surface area (Å²) in [5, 5.41) is 5.70. The smallest absolute Gasteiger partial charge is 0.370 e. The Balaban J connectivity index is 2.86. The fourth-order valence-corrected chi connectivity index (χ4v) is 1.49. The van der Waals surface area contributed by atoms with Crippen LogP contribution >= 0.6 is 0 Å². The maximum atomic E-state index is 12.8. The van der Waals surface area contributed by atoms with Gasteiger partial charge in [0, 0.05) is 19.2 Å². The summed E-state index contributed by atoms with van der Waals surface area (Å²) >= 11 is 0. The van der Waals surface area contributed by atoms with Crippen molar-refractivity contribution in [2.75, 3.05) is 23.7 Å². The normalized spacial score (nSPS) is 11.8. The molecule has 2 N–H and O–H groups in total. The van der Waals surface area contributed by atoms with Gasteiger partial charge in [-0.15, -0.1) is 0 Å². The average Bonchev–Trinajstić information content (AvgIpc) is 2.34. The molecule has 0 atom stereocenters. The molecule has 1 aromatic heterocycles. The number of nitrogens with one attached hydrogen (secondary N) is 2. The van der Waals surface area contributed by atoms with Crippen LogP contribution in [0.15, 0.2) is 6.07 Å². The summed E-state index contributed by atoms with van der Waals surface area (Å²) in [6, 6.07) is 0.942. The highest BCUT2D eigenvalue weighted by Gasteiger charge is 2.33. The molecule has 20 heavy (non-hydrogen) atoms. The Bertz CT molecular complexity index is 419. The van der Waals surface area contributed by atoms with Gasteiger partial charge in [-0.2, -0.15) is 18.2 Å². The van der Waals surface area contributed by atoms with Gasteiger partial charge in [-0.25, -0.2) is 4.98 Å². The van der Waals surface area contributed by atoms with Crippen molar-refractivity contribution in [3.05, 3.63) is 11.8 Å². The van der Waals surface area contributed by atoms with Gasteiger partial charge in [-0.3, -0.25) is 0 Å². The highest BCUT2D eigenvalue weighted by atomic mass is 19.4. The molecule has 1 rings (SSSR count). The van der Waals surface area contributed by atoms with E-state index in [2.05, 4.69) is 34.4 Å². The molecule has 114 valence electrons. The molecular weight excluding hydrogens is 269 g/mol. The lowest BCUT2D eigenvalue weighted by Gasteiger charge is -2.13. The highest BCUT2D eigenvalue weighted by Crippen LogP contribution is 2.29. The zero-order valence-electron chi connectivity index (χ0n) is 12.0. The molecule has 0 aliphatic heterocycles. The zero-order valence-corrected chi connectivity index (χ0v) is 12.0. The number of anilines is 2. The lowest BCUT2D eigenvalue weighted by Crippen LogP contribution is -2.15. The minimum Gasteiger partial charge on any atom is -0.370 e. The van der Waals surface area contributed by atoms with Crippen molar-refractivity contribution in [3.8, 4) is 0 Å². The van der Waals surface area contributed by atoms with Crippen molar-refractivity contribution in [1.82, 2.24) is 9.97 Å². The number of nitrogens with zero attached hydrogens (tertiary/aromatic N) is 2. The molecule has 0 radical (unpaired) electrons. The average molecular weight is 290 g/mol. The molecule has 0 amide bonds. The Morgan fingerprint density at radius 3 is 2.40 bits per heavy atom. The summed E-state index contributed by atoms with van der Waals surface area (Å²) in [5.74, 6) is 0.685. The van der Waals surface area contributed by atoms with Crippen molar-refractivity contribution in [1.29, 1.82) is 0 Å². The molecule has 7 heteroatoms. The third-order valence-corrected chi connectivity index (χ3v) is 2.58. The van der Waals surface area contributed by atoms with Crippen LogP contribution in [-0.4, -0.2) is 23.1 Å². The van der Waals surface area contributed by atoms with Gasteiger partial charge in [0.1, 0.15) is 5.82 Å². The molecule has 0 bridgehead atoms. The lowest BCUT2D eigenvalue weighted by atomic mass is 10.1. The quantitative estimate of drug-likeness (QED) is 0.802. The Labute approximate surface area is 117 Å². The second kappa shape index (κ2) is 7.31. The number of halogens is 3. The Kier molecular flexibility index (Phi) is 6.04.